The molecule has 0 radical (unpaired) electrons. The zero-order valence-electron chi connectivity index (χ0n) is 13.5. The topological polar surface area (TPSA) is 51.4 Å². The third-order valence-corrected chi connectivity index (χ3v) is 5.71. The normalized spacial score (nSPS) is 25.6. The van der Waals surface area contributed by atoms with Gasteiger partial charge in [-0.05, 0) is 44.5 Å². The van der Waals surface area contributed by atoms with Crippen molar-refractivity contribution >= 4 is 23.2 Å². The Bertz CT molecular complexity index is 743. The predicted molar refractivity (Wildman–Crippen MR) is 92.2 cm³/mol. The molecule has 0 N–H and O–H groups in total. The fourth-order valence-electron chi connectivity index (χ4n) is 3.60. The molecule has 2 unspecified atom stereocenters. The number of hydrogen-bond donors (Lipinski definition) is 0. The van der Waals surface area contributed by atoms with Crippen molar-refractivity contribution < 1.29 is 9.15 Å². The van der Waals surface area contributed by atoms with Gasteiger partial charge in [0.25, 0.3) is 0 Å². The lowest BCUT2D eigenvalue weighted by Gasteiger charge is -2.24. The second-order valence-electron chi connectivity index (χ2n) is 6.77. The minimum Gasteiger partial charge on any atom is -0.419 e. The van der Waals surface area contributed by atoms with Crippen LogP contribution in [0.4, 0.5) is 0 Å². The Morgan fingerprint density at radius 1 is 1.25 bits per heavy atom. The smallest absolute Gasteiger partial charge is 0.249 e. The summed E-state index contributed by atoms with van der Waals surface area (Å²) in [5, 5.41) is 9.49. The van der Waals surface area contributed by atoms with Gasteiger partial charge in [-0.1, -0.05) is 23.2 Å². The highest BCUT2D eigenvalue weighted by Gasteiger charge is 2.43. The van der Waals surface area contributed by atoms with Gasteiger partial charge in [-0.15, -0.1) is 10.2 Å². The number of aromatic nitrogens is 2. The zero-order valence-corrected chi connectivity index (χ0v) is 15.0. The first-order valence-corrected chi connectivity index (χ1v) is 8.93. The van der Waals surface area contributed by atoms with Gasteiger partial charge in [0.15, 0.2) is 0 Å². The molecule has 4 rings (SSSR count). The molecule has 128 valence electrons. The third kappa shape index (κ3) is 2.94. The van der Waals surface area contributed by atoms with Crippen molar-refractivity contribution in [1.29, 1.82) is 0 Å². The van der Waals surface area contributed by atoms with Gasteiger partial charge in [-0.25, -0.2) is 0 Å². The summed E-state index contributed by atoms with van der Waals surface area (Å²) < 4.78 is 11.5. The molecule has 24 heavy (non-hydrogen) atoms. The van der Waals surface area contributed by atoms with E-state index >= 15 is 0 Å². The van der Waals surface area contributed by atoms with Crippen LogP contribution in [0.3, 0.4) is 0 Å². The van der Waals surface area contributed by atoms with Gasteiger partial charge in [-0.3, -0.25) is 4.90 Å². The van der Waals surface area contributed by atoms with E-state index in [9.17, 15) is 0 Å². The summed E-state index contributed by atoms with van der Waals surface area (Å²) in [6.45, 7) is 5.90. The van der Waals surface area contributed by atoms with Crippen molar-refractivity contribution in [3.05, 3.63) is 34.1 Å². The van der Waals surface area contributed by atoms with E-state index in [0.29, 0.717) is 32.8 Å². The number of benzene rings is 1. The standard InChI is InChI=1S/C17H19Cl2N3O2/c1-11(22-6-4-17(9-22)5-7-23-10-17)15-20-21-16(24-15)13-3-2-12(18)8-14(13)19/h2-3,8,11H,4-7,9-10H2,1H3. The van der Waals surface area contributed by atoms with Crippen LogP contribution in [0.2, 0.25) is 10.0 Å². The van der Waals surface area contributed by atoms with Gasteiger partial charge in [-0.2, -0.15) is 0 Å². The van der Waals surface area contributed by atoms with Crippen molar-refractivity contribution in [3.8, 4) is 11.5 Å². The molecule has 1 aromatic heterocycles. The molecular formula is C17H19Cl2N3O2. The number of likely N-dealkylation sites (tertiary alicyclic amines) is 1. The molecule has 2 saturated heterocycles. The predicted octanol–water partition coefficient (Wildman–Crippen LogP) is 4.22. The van der Waals surface area contributed by atoms with E-state index < -0.39 is 0 Å². The Balaban J connectivity index is 1.52. The van der Waals surface area contributed by atoms with Gasteiger partial charge in [0.1, 0.15) is 0 Å². The average Bonchev–Trinajstić information content (AvgIpc) is 3.29. The van der Waals surface area contributed by atoms with Crippen LogP contribution in [0.1, 0.15) is 31.7 Å². The van der Waals surface area contributed by atoms with E-state index in [1.807, 2.05) is 0 Å². The van der Waals surface area contributed by atoms with Gasteiger partial charge < -0.3 is 9.15 Å². The van der Waals surface area contributed by atoms with Gasteiger partial charge in [0.05, 0.1) is 23.2 Å². The summed E-state index contributed by atoms with van der Waals surface area (Å²) in [6.07, 6.45) is 2.31. The van der Waals surface area contributed by atoms with Crippen molar-refractivity contribution in [3.63, 3.8) is 0 Å². The molecule has 2 atom stereocenters. The minimum absolute atomic E-state index is 0.0808. The highest BCUT2D eigenvalue weighted by Crippen LogP contribution is 2.41. The Hall–Kier alpha value is -1.14. The summed E-state index contributed by atoms with van der Waals surface area (Å²) in [6, 6.07) is 5.32. The Morgan fingerprint density at radius 3 is 2.88 bits per heavy atom. The van der Waals surface area contributed by atoms with Crippen LogP contribution in [0.5, 0.6) is 0 Å². The number of halogens is 2. The molecule has 0 amide bonds. The van der Waals surface area contributed by atoms with Crippen LogP contribution in [0.15, 0.2) is 22.6 Å². The first-order valence-electron chi connectivity index (χ1n) is 8.17. The Morgan fingerprint density at radius 2 is 2.12 bits per heavy atom. The van der Waals surface area contributed by atoms with Crippen molar-refractivity contribution in [2.24, 2.45) is 5.41 Å². The highest BCUT2D eigenvalue weighted by molar-refractivity contribution is 6.36. The number of rotatable bonds is 3. The zero-order chi connectivity index (χ0) is 16.7. The van der Waals surface area contributed by atoms with Crippen LogP contribution in [-0.2, 0) is 4.74 Å². The lowest BCUT2D eigenvalue weighted by molar-refractivity contribution is 0.142. The quantitative estimate of drug-likeness (QED) is 0.812. The third-order valence-electron chi connectivity index (χ3n) is 5.16. The molecule has 2 aromatic rings. The molecule has 1 aromatic carbocycles. The summed E-state index contributed by atoms with van der Waals surface area (Å²) in [4.78, 5) is 2.40. The fourth-order valence-corrected chi connectivity index (χ4v) is 4.09. The summed E-state index contributed by atoms with van der Waals surface area (Å²) >= 11 is 12.2. The lowest BCUT2D eigenvalue weighted by atomic mass is 9.87. The highest BCUT2D eigenvalue weighted by atomic mass is 35.5. The van der Waals surface area contributed by atoms with Crippen molar-refractivity contribution in [2.45, 2.75) is 25.8 Å². The largest absolute Gasteiger partial charge is 0.419 e. The molecule has 2 aliphatic heterocycles. The van der Waals surface area contributed by atoms with E-state index in [1.165, 1.54) is 6.42 Å². The molecule has 0 bridgehead atoms. The fraction of sp³-hybridized carbons (Fsp3) is 0.529. The van der Waals surface area contributed by atoms with Crippen LogP contribution >= 0.6 is 23.2 Å². The SMILES string of the molecule is CC(c1nnc(-c2ccc(Cl)cc2Cl)o1)N1CCC2(CCOC2)C1. The second kappa shape index (κ2) is 6.30. The maximum absolute atomic E-state index is 6.23. The number of hydrogen-bond acceptors (Lipinski definition) is 5. The molecule has 7 heteroatoms. The van der Waals surface area contributed by atoms with Gasteiger partial charge >= 0.3 is 0 Å². The molecule has 1 spiro atoms. The van der Waals surface area contributed by atoms with E-state index in [1.54, 1.807) is 18.2 Å². The summed E-state index contributed by atoms with van der Waals surface area (Å²) in [7, 11) is 0. The van der Waals surface area contributed by atoms with Crippen LogP contribution in [0.25, 0.3) is 11.5 Å². The first kappa shape index (κ1) is 16.3. The maximum Gasteiger partial charge on any atom is 0.249 e. The molecule has 2 fully saturated rings. The Labute approximate surface area is 150 Å². The van der Waals surface area contributed by atoms with Crippen molar-refractivity contribution in [2.75, 3.05) is 26.3 Å². The van der Waals surface area contributed by atoms with E-state index in [4.69, 9.17) is 32.4 Å². The minimum atomic E-state index is 0.0808. The van der Waals surface area contributed by atoms with E-state index in [0.717, 1.165) is 32.7 Å². The number of ether oxygens (including phenoxy) is 1. The molecule has 0 aliphatic carbocycles. The lowest BCUT2D eigenvalue weighted by Crippen LogP contribution is -2.29. The number of nitrogens with zero attached hydrogens (tertiary/aromatic N) is 3. The molecule has 0 saturated carbocycles. The monoisotopic (exact) mass is 367 g/mol. The van der Waals surface area contributed by atoms with Crippen LogP contribution in [-0.4, -0.2) is 41.4 Å². The molecule has 2 aliphatic rings. The molecule has 5 nitrogen and oxygen atoms in total. The van der Waals surface area contributed by atoms with Crippen molar-refractivity contribution in [1.82, 2.24) is 15.1 Å². The van der Waals surface area contributed by atoms with Crippen LogP contribution in [0, 0.1) is 5.41 Å². The Kier molecular flexibility index (Phi) is 4.29. The molecular weight excluding hydrogens is 349 g/mol. The van der Waals surface area contributed by atoms with E-state index in [2.05, 4.69) is 22.0 Å². The maximum atomic E-state index is 6.23. The summed E-state index contributed by atoms with van der Waals surface area (Å²) in [5.74, 6) is 1.05. The second-order valence-corrected chi connectivity index (χ2v) is 7.61. The first-order chi connectivity index (χ1) is 11.6. The average molecular weight is 368 g/mol. The van der Waals surface area contributed by atoms with Gasteiger partial charge in [0, 0.05) is 23.6 Å². The van der Waals surface area contributed by atoms with Gasteiger partial charge in [0.2, 0.25) is 11.8 Å². The molecule has 3 heterocycles. The van der Waals surface area contributed by atoms with Crippen LogP contribution < -0.4 is 0 Å². The van der Waals surface area contributed by atoms with E-state index in [-0.39, 0.29) is 6.04 Å². The summed E-state index contributed by atoms with van der Waals surface area (Å²) in [5.41, 5.74) is 1.02.